The average molecular weight is 632 g/mol. The molecule has 0 saturated heterocycles. The number of halogens is 2. The van der Waals surface area contributed by atoms with E-state index in [-0.39, 0.29) is 48.7 Å². The minimum absolute atomic E-state index is 0. The van der Waals surface area contributed by atoms with Crippen molar-refractivity contribution in [3.63, 3.8) is 0 Å². The van der Waals surface area contributed by atoms with Crippen LogP contribution in [0.3, 0.4) is 0 Å². The Balaban J connectivity index is 0.00000320. The molecule has 1 aromatic carbocycles. The van der Waals surface area contributed by atoms with Gasteiger partial charge in [-0.05, 0) is 55.5 Å². The molecule has 0 radical (unpaired) electrons. The summed E-state index contributed by atoms with van der Waals surface area (Å²) in [5, 5.41) is 0. The number of rotatable bonds is 8. The average Bonchev–Trinajstić information content (AvgIpc) is 3.57. The van der Waals surface area contributed by atoms with Gasteiger partial charge in [-0.1, -0.05) is 68.0 Å². The van der Waals surface area contributed by atoms with Crippen LogP contribution in [0, 0.1) is 54.8 Å². The van der Waals surface area contributed by atoms with E-state index in [9.17, 15) is 8.78 Å². The second kappa shape index (κ2) is 12.6. The number of aliphatic imine (C=N–C) groups is 1. The second-order valence-corrected chi connectivity index (χ2v) is 7.79. The summed E-state index contributed by atoms with van der Waals surface area (Å²) in [4.78, 5) is 4.55. The minimum atomic E-state index is -0.303. The zero-order valence-corrected chi connectivity index (χ0v) is 22.0. The molecular formula is C26H29F2NU. The van der Waals surface area contributed by atoms with Crippen LogP contribution in [0.15, 0.2) is 70.2 Å². The first-order chi connectivity index (χ1) is 14.1. The van der Waals surface area contributed by atoms with Crippen LogP contribution in [0.5, 0.6) is 0 Å². The standard InChI is InChI=1S/C26H29F2N.U/c1-3-7-21(20-12-13-20)17-23(25(28)4-2)18-29-26-9-6-5-8-22(26)16-19-10-14-24(27)15-11-19;/h4,7,10-11,14-15,17,20,22H,3,5-6,8,12-13,16H2,1-2H3;/q-2;+2/b21-7-,23-17-,25-4+;/t22-;/m1./s1. The van der Waals surface area contributed by atoms with Crippen molar-refractivity contribution in [2.24, 2.45) is 16.8 Å². The Morgan fingerprint density at radius 3 is 2.60 bits per heavy atom. The molecule has 1 nitrogen and oxygen atoms in total. The van der Waals surface area contributed by atoms with Crippen molar-refractivity contribution in [3.8, 4) is 0 Å². The van der Waals surface area contributed by atoms with Crippen LogP contribution in [0.1, 0.15) is 57.9 Å². The largest absolute Gasteiger partial charge is 2.00 e. The fourth-order valence-electron chi connectivity index (χ4n) is 3.67. The second-order valence-electron chi connectivity index (χ2n) is 7.79. The van der Waals surface area contributed by atoms with Gasteiger partial charge in [-0.2, -0.15) is 6.42 Å². The van der Waals surface area contributed by atoms with Gasteiger partial charge in [-0.3, -0.25) is 4.39 Å². The molecule has 4 heteroatoms. The normalized spacial score (nSPS) is 20.9. The van der Waals surface area contributed by atoms with Crippen LogP contribution in [0.25, 0.3) is 0 Å². The molecule has 156 valence electrons. The van der Waals surface area contributed by atoms with Crippen molar-refractivity contribution < 1.29 is 39.9 Å². The van der Waals surface area contributed by atoms with Gasteiger partial charge in [-0.25, -0.2) is 10.1 Å². The molecular weight excluding hydrogens is 602 g/mol. The molecule has 1 aromatic rings. The minimum Gasteiger partial charge on any atom is -0.527 e. The van der Waals surface area contributed by atoms with Gasteiger partial charge < -0.3 is 11.1 Å². The van der Waals surface area contributed by atoms with Crippen molar-refractivity contribution in [3.05, 3.63) is 82.6 Å². The molecule has 1 saturated carbocycles. The summed E-state index contributed by atoms with van der Waals surface area (Å²) in [5.74, 6) is 0.214. The fourth-order valence-corrected chi connectivity index (χ4v) is 3.67. The van der Waals surface area contributed by atoms with E-state index in [0.29, 0.717) is 11.5 Å². The topological polar surface area (TPSA) is 12.4 Å². The number of hydrogen-bond donors (Lipinski definition) is 0. The molecule has 30 heavy (non-hydrogen) atoms. The predicted octanol–water partition coefficient (Wildman–Crippen LogP) is 7.35. The third-order valence-corrected chi connectivity index (χ3v) is 5.42. The van der Waals surface area contributed by atoms with Gasteiger partial charge in [0.25, 0.3) is 0 Å². The third-order valence-electron chi connectivity index (χ3n) is 5.42. The maximum atomic E-state index is 14.5. The van der Waals surface area contributed by atoms with Crippen LogP contribution in [0.2, 0.25) is 0 Å². The molecule has 1 atom stereocenters. The summed E-state index contributed by atoms with van der Waals surface area (Å²) in [6.45, 7) is 3.79. The van der Waals surface area contributed by atoms with Gasteiger partial charge in [0.15, 0.2) is 0 Å². The molecule has 0 aromatic heterocycles. The van der Waals surface area contributed by atoms with Gasteiger partial charge in [0.2, 0.25) is 0 Å². The summed E-state index contributed by atoms with van der Waals surface area (Å²) in [6.07, 6.45) is 18.8. The Morgan fingerprint density at radius 2 is 1.97 bits per heavy atom. The Bertz CT molecular complexity index is 842. The van der Waals surface area contributed by atoms with Crippen molar-refractivity contribution in [2.45, 2.75) is 58.8 Å². The predicted molar refractivity (Wildman–Crippen MR) is 116 cm³/mol. The van der Waals surface area contributed by atoms with Crippen LogP contribution in [-0.2, 0) is 6.42 Å². The smallest absolute Gasteiger partial charge is 0.527 e. The molecule has 0 unspecified atom stereocenters. The van der Waals surface area contributed by atoms with Crippen LogP contribution >= 0.6 is 0 Å². The quantitative estimate of drug-likeness (QED) is 0.162. The van der Waals surface area contributed by atoms with E-state index in [1.807, 2.05) is 18.2 Å². The first-order valence-corrected chi connectivity index (χ1v) is 10.7. The SMILES string of the molecule is C\C=C(F)/C([C-]=NC1=[C-]CCC[C@@H]1Cc1ccc(F)cc1)=C\C(=C\CC)C1CC1.[U+2]. The number of hydrogen-bond acceptors (Lipinski definition) is 1. The molecule has 1 fully saturated rings. The first-order valence-electron chi connectivity index (χ1n) is 10.7. The molecule has 0 amide bonds. The first kappa shape index (κ1) is 25.0. The Kier molecular flexibility index (Phi) is 10.5. The molecule has 2 aliphatic carbocycles. The molecule has 0 spiro atoms. The van der Waals surface area contributed by atoms with Crippen LogP contribution < -0.4 is 0 Å². The number of allylic oxidation sites excluding steroid dienone is 8. The summed E-state index contributed by atoms with van der Waals surface area (Å²) < 4.78 is 27.7. The maximum absolute atomic E-state index is 14.5. The third kappa shape index (κ3) is 7.47. The van der Waals surface area contributed by atoms with E-state index in [2.05, 4.69) is 30.3 Å². The van der Waals surface area contributed by atoms with Gasteiger partial charge in [0.1, 0.15) is 5.82 Å². The summed E-state index contributed by atoms with van der Waals surface area (Å²) >= 11 is 0. The molecule has 0 aliphatic heterocycles. The monoisotopic (exact) mass is 631 g/mol. The Labute approximate surface area is 203 Å². The molecule has 0 N–H and O–H groups in total. The molecule has 0 heterocycles. The fraction of sp³-hybridized carbons (Fsp3) is 0.423. The van der Waals surface area contributed by atoms with Crippen LogP contribution in [-0.4, -0.2) is 6.21 Å². The van der Waals surface area contributed by atoms with E-state index >= 15 is 0 Å². The van der Waals surface area contributed by atoms with Crippen molar-refractivity contribution >= 4 is 6.21 Å². The summed E-state index contributed by atoms with van der Waals surface area (Å²) in [7, 11) is 0. The van der Waals surface area contributed by atoms with E-state index in [0.717, 1.165) is 43.4 Å². The summed E-state index contributed by atoms with van der Waals surface area (Å²) in [5.41, 5.74) is 3.50. The van der Waals surface area contributed by atoms with Gasteiger partial charge in [0, 0.05) is 5.83 Å². The molecule has 3 rings (SSSR count). The van der Waals surface area contributed by atoms with Gasteiger partial charge >= 0.3 is 31.1 Å². The van der Waals surface area contributed by atoms with Gasteiger partial charge in [0.05, 0.1) is 0 Å². The van der Waals surface area contributed by atoms with E-state index in [1.54, 1.807) is 6.92 Å². The zero-order valence-electron chi connectivity index (χ0n) is 17.8. The number of benzene rings is 1. The van der Waals surface area contributed by atoms with Crippen LogP contribution in [0.4, 0.5) is 8.78 Å². The van der Waals surface area contributed by atoms with Crippen molar-refractivity contribution in [2.75, 3.05) is 0 Å². The number of nitrogens with zero attached hydrogens (tertiary/aromatic N) is 1. The molecule has 2 aliphatic rings. The summed E-state index contributed by atoms with van der Waals surface area (Å²) in [6, 6.07) is 6.61. The van der Waals surface area contributed by atoms with E-state index < -0.39 is 0 Å². The maximum Gasteiger partial charge on any atom is 2.00 e. The zero-order chi connectivity index (χ0) is 20.6. The Morgan fingerprint density at radius 1 is 1.23 bits per heavy atom. The Hall–Kier alpha value is -1.24. The van der Waals surface area contributed by atoms with E-state index in [4.69, 9.17) is 0 Å². The van der Waals surface area contributed by atoms with Crippen molar-refractivity contribution in [1.82, 2.24) is 0 Å². The molecule has 0 bridgehead atoms. The van der Waals surface area contributed by atoms with Gasteiger partial charge in [-0.15, -0.1) is 6.08 Å². The van der Waals surface area contributed by atoms with E-state index in [1.165, 1.54) is 36.6 Å². The van der Waals surface area contributed by atoms with Crippen molar-refractivity contribution in [1.29, 1.82) is 0 Å².